The zero-order valence-corrected chi connectivity index (χ0v) is 11.3. The molecular formula is C14H16N2OS. The number of thiophene rings is 1. The van der Waals surface area contributed by atoms with E-state index in [-0.39, 0.29) is 5.91 Å². The minimum atomic E-state index is -0.0319. The molecule has 0 spiro atoms. The Bertz CT molecular complexity index is 562. The van der Waals surface area contributed by atoms with Crippen LogP contribution in [0.2, 0.25) is 0 Å². The topological polar surface area (TPSA) is 46.3 Å². The second-order valence-electron chi connectivity index (χ2n) is 4.09. The monoisotopic (exact) mass is 260 g/mol. The summed E-state index contributed by atoms with van der Waals surface area (Å²) in [6.45, 7) is 4.60. The molecule has 0 aliphatic rings. The van der Waals surface area contributed by atoms with Crippen molar-refractivity contribution in [1.82, 2.24) is 0 Å². The molecule has 0 aliphatic heterocycles. The number of hydrogen-bond acceptors (Lipinski definition) is 3. The Morgan fingerprint density at radius 2 is 2.17 bits per heavy atom. The number of nitrogens with zero attached hydrogens (tertiary/aromatic N) is 1. The van der Waals surface area contributed by atoms with Gasteiger partial charge in [0, 0.05) is 12.2 Å². The van der Waals surface area contributed by atoms with Gasteiger partial charge in [-0.1, -0.05) is 12.1 Å². The van der Waals surface area contributed by atoms with Crippen LogP contribution in [0.25, 0.3) is 0 Å². The molecule has 94 valence electrons. The van der Waals surface area contributed by atoms with Crippen molar-refractivity contribution in [3.63, 3.8) is 0 Å². The molecule has 2 N–H and O–H groups in total. The second-order valence-corrected chi connectivity index (χ2v) is 5.01. The molecule has 0 unspecified atom stereocenters. The fraction of sp³-hybridized carbons (Fsp3) is 0.214. The molecule has 1 heterocycles. The second kappa shape index (κ2) is 5.23. The first-order valence-corrected chi connectivity index (χ1v) is 6.73. The lowest BCUT2D eigenvalue weighted by molar-refractivity contribution is 0.0993. The van der Waals surface area contributed by atoms with Crippen LogP contribution in [0.4, 0.5) is 11.4 Å². The first kappa shape index (κ1) is 12.6. The SMILES string of the molecule is CCN(C(=O)c1sccc1N)c1cccc(C)c1. The van der Waals surface area contributed by atoms with Crippen LogP contribution in [0, 0.1) is 6.92 Å². The van der Waals surface area contributed by atoms with Crippen molar-refractivity contribution in [2.75, 3.05) is 17.2 Å². The summed E-state index contributed by atoms with van der Waals surface area (Å²) in [5.74, 6) is -0.0319. The first-order chi connectivity index (χ1) is 8.63. The molecule has 0 saturated carbocycles. The van der Waals surface area contributed by atoms with Crippen LogP contribution in [0.5, 0.6) is 0 Å². The average molecular weight is 260 g/mol. The van der Waals surface area contributed by atoms with Gasteiger partial charge >= 0.3 is 0 Å². The Labute approximate surface area is 111 Å². The van der Waals surface area contributed by atoms with Gasteiger partial charge in [0.25, 0.3) is 5.91 Å². The Morgan fingerprint density at radius 1 is 1.39 bits per heavy atom. The number of nitrogens with two attached hydrogens (primary N) is 1. The highest BCUT2D eigenvalue weighted by molar-refractivity contribution is 7.12. The van der Waals surface area contributed by atoms with Crippen LogP contribution in [0.3, 0.4) is 0 Å². The van der Waals surface area contributed by atoms with Crippen molar-refractivity contribution < 1.29 is 4.79 Å². The van der Waals surface area contributed by atoms with Gasteiger partial charge in [-0.05, 0) is 43.0 Å². The van der Waals surface area contributed by atoms with Gasteiger partial charge in [-0.3, -0.25) is 4.79 Å². The molecule has 0 aliphatic carbocycles. The fourth-order valence-electron chi connectivity index (χ4n) is 1.85. The summed E-state index contributed by atoms with van der Waals surface area (Å²) in [4.78, 5) is 14.8. The molecule has 1 aromatic heterocycles. The number of nitrogen functional groups attached to an aromatic ring is 1. The zero-order chi connectivity index (χ0) is 13.1. The maximum Gasteiger partial charge on any atom is 0.270 e. The molecule has 18 heavy (non-hydrogen) atoms. The third-order valence-corrected chi connectivity index (χ3v) is 3.68. The van der Waals surface area contributed by atoms with E-state index in [2.05, 4.69) is 0 Å². The van der Waals surface area contributed by atoms with E-state index in [9.17, 15) is 4.79 Å². The molecule has 3 nitrogen and oxygen atoms in total. The summed E-state index contributed by atoms with van der Waals surface area (Å²) >= 11 is 1.38. The molecule has 0 bridgehead atoms. The number of benzene rings is 1. The fourth-order valence-corrected chi connectivity index (χ4v) is 2.62. The van der Waals surface area contributed by atoms with Crippen LogP contribution >= 0.6 is 11.3 Å². The molecule has 2 rings (SSSR count). The summed E-state index contributed by atoms with van der Waals surface area (Å²) < 4.78 is 0. The van der Waals surface area contributed by atoms with Crippen molar-refractivity contribution in [2.45, 2.75) is 13.8 Å². The highest BCUT2D eigenvalue weighted by atomic mass is 32.1. The number of amides is 1. The number of hydrogen-bond donors (Lipinski definition) is 1. The third kappa shape index (κ3) is 2.38. The summed E-state index contributed by atoms with van der Waals surface area (Å²) in [6, 6.07) is 9.69. The van der Waals surface area contributed by atoms with Crippen molar-refractivity contribution in [2.24, 2.45) is 0 Å². The van der Waals surface area contributed by atoms with Crippen LogP contribution < -0.4 is 10.6 Å². The van der Waals surface area contributed by atoms with Gasteiger partial charge in [-0.15, -0.1) is 11.3 Å². The highest BCUT2D eigenvalue weighted by Crippen LogP contribution is 2.24. The average Bonchev–Trinajstić information content (AvgIpc) is 2.76. The molecular weight excluding hydrogens is 244 g/mol. The van der Waals surface area contributed by atoms with Gasteiger partial charge in [-0.2, -0.15) is 0 Å². The van der Waals surface area contributed by atoms with Gasteiger partial charge in [0.15, 0.2) is 0 Å². The number of carbonyl (C=O) groups excluding carboxylic acids is 1. The zero-order valence-electron chi connectivity index (χ0n) is 10.5. The van der Waals surface area contributed by atoms with Gasteiger partial charge in [0.05, 0.1) is 5.69 Å². The molecule has 0 fully saturated rings. The van der Waals surface area contributed by atoms with E-state index in [0.717, 1.165) is 11.3 Å². The van der Waals surface area contributed by atoms with E-state index in [4.69, 9.17) is 5.73 Å². The van der Waals surface area contributed by atoms with Crippen molar-refractivity contribution >= 4 is 28.6 Å². The number of aryl methyl sites for hydroxylation is 1. The molecule has 1 aromatic carbocycles. The van der Waals surface area contributed by atoms with Crippen LogP contribution in [0.1, 0.15) is 22.2 Å². The predicted molar refractivity (Wildman–Crippen MR) is 77.3 cm³/mol. The maximum absolute atomic E-state index is 12.4. The number of carbonyl (C=O) groups is 1. The maximum atomic E-state index is 12.4. The third-order valence-electron chi connectivity index (χ3n) is 2.76. The predicted octanol–water partition coefficient (Wildman–Crippen LogP) is 3.31. The Kier molecular flexibility index (Phi) is 3.67. The molecule has 0 atom stereocenters. The van der Waals surface area contributed by atoms with E-state index in [1.54, 1.807) is 11.0 Å². The molecule has 0 saturated heterocycles. The van der Waals surface area contributed by atoms with E-state index in [0.29, 0.717) is 17.1 Å². The lowest BCUT2D eigenvalue weighted by atomic mass is 10.2. The van der Waals surface area contributed by atoms with Crippen LogP contribution in [0.15, 0.2) is 35.7 Å². The van der Waals surface area contributed by atoms with Crippen molar-refractivity contribution in [1.29, 1.82) is 0 Å². The minimum absolute atomic E-state index is 0.0319. The summed E-state index contributed by atoms with van der Waals surface area (Å²) in [7, 11) is 0. The molecule has 4 heteroatoms. The van der Waals surface area contributed by atoms with Crippen LogP contribution in [-0.2, 0) is 0 Å². The minimum Gasteiger partial charge on any atom is -0.397 e. The van der Waals surface area contributed by atoms with Crippen molar-refractivity contribution in [3.05, 3.63) is 46.2 Å². The normalized spacial score (nSPS) is 10.3. The Balaban J connectivity index is 2.35. The van der Waals surface area contributed by atoms with E-state index in [1.807, 2.05) is 43.5 Å². The lowest BCUT2D eigenvalue weighted by Gasteiger charge is -2.21. The summed E-state index contributed by atoms with van der Waals surface area (Å²) in [5, 5.41) is 1.84. The summed E-state index contributed by atoms with van der Waals surface area (Å²) in [5.41, 5.74) is 8.41. The number of anilines is 2. The smallest absolute Gasteiger partial charge is 0.270 e. The molecule has 1 amide bonds. The highest BCUT2D eigenvalue weighted by Gasteiger charge is 2.19. The van der Waals surface area contributed by atoms with Gasteiger partial charge in [0.2, 0.25) is 0 Å². The lowest BCUT2D eigenvalue weighted by Crippen LogP contribution is -2.30. The van der Waals surface area contributed by atoms with Crippen molar-refractivity contribution in [3.8, 4) is 0 Å². The largest absolute Gasteiger partial charge is 0.397 e. The van der Waals surface area contributed by atoms with Gasteiger partial charge in [-0.25, -0.2) is 0 Å². The standard InChI is InChI=1S/C14H16N2OS/c1-3-16(11-6-4-5-10(2)9-11)14(17)13-12(15)7-8-18-13/h4-9H,3,15H2,1-2H3. The Morgan fingerprint density at radius 3 is 2.72 bits per heavy atom. The van der Waals surface area contributed by atoms with E-state index in [1.165, 1.54) is 11.3 Å². The van der Waals surface area contributed by atoms with E-state index >= 15 is 0 Å². The molecule has 0 radical (unpaired) electrons. The van der Waals surface area contributed by atoms with Gasteiger partial charge < -0.3 is 10.6 Å². The molecule has 2 aromatic rings. The Hall–Kier alpha value is -1.81. The quantitative estimate of drug-likeness (QED) is 0.920. The van der Waals surface area contributed by atoms with Crippen LogP contribution in [-0.4, -0.2) is 12.5 Å². The van der Waals surface area contributed by atoms with Gasteiger partial charge in [0.1, 0.15) is 4.88 Å². The first-order valence-electron chi connectivity index (χ1n) is 5.85. The van der Waals surface area contributed by atoms with E-state index < -0.39 is 0 Å². The summed E-state index contributed by atoms with van der Waals surface area (Å²) in [6.07, 6.45) is 0. The number of rotatable bonds is 3.